The third kappa shape index (κ3) is 2.59. The molecular weight excluding hydrogens is 314 g/mol. The molecule has 0 unspecified atom stereocenters. The van der Waals surface area contributed by atoms with Gasteiger partial charge in [-0.15, -0.1) is 5.10 Å². The van der Waals surface area contributed by atoms with Gasteiger partial charge in [-0.1, -0.05) is 54.6 Å². The summed E-state index contributed by atoms with van der Waals surface area (Å²) < 4.78 is 0. The van der Waals surface area contributed by atoms with Gasteiger partial charge in [0.15, 0.2) is 0 Å². The number of nitrogens with zero attached hydrogens (tertiary/aromatic N) is 3. The lowest BCUT2D eigenvalue weighted by molar-refractivity contribution is 0.100. The molecule has 3 aromatic carbocycles. The molecule has 4 N–H and O–H groups in total. The molecule has 0 radical (unpaired) electrons. The first kappa shape index (κ1) is 14.9. The van der Waals surface area contributed by atoms with Crippen molar-refractivity contribution in [2.24, 2.45) is 5.73 Å². The van der Waals surface area contributed by atoms with E-state index in [0.717, 1.165) is 27.0 Å². The summed E-state index contributed by atoms with van der Waals surface area (Å²) in [5, 5.41) is 7.68. The van der Waals surface area contributed by atoms with Crippen LogP contribution < -0.4 is 11.6 Å². The highest BCUT2D eigenvalue weighted by atomic mass is 16.1. The standard InChI is InChI=1S/C19H15N5O/c20-19(25)16-10-15(11-17-18(16)22-23-24(17)21)14-8-6-13(7-9-14)12-4-2-1-3-5-12/h1-11H,21H2,(H2,20,25). The molecule has 0 saturated carbocycles. The first-order chi connectivity index (χ1) is 12.1. The van der Waals surface area contributed by atoms with Crippen LogP contribution in [0.15, 0.2) is 66.7 Å². The van der Waals surface area contributed by atoms with Crippen LogP contribution in [0, 0.1) is 0 Å². The second-order valence-electron chi connectivity index (χ2n) is 5.73. The Balaban J connectivity index is 1.82. The summed E-state index contributed by atoms with van der Waals surface area (Å²) in [7, 11) is 0. The van der Waals surface area contributed by atoms with Crippen molar-refractivity contribution in [3.63, 3.8) is 0 Å². The number of benzene rings is 3. The minimum absolute atomic E-state index is 0.302. The van der Waals surface area contributed by atoms with Crippen LogP contribution in [0.25, 0.3) is 33.3 Å². The van der Waals surface area contributed by atoms with E-state index in [2.05, 4.69) is 22.4 Å². The fourth-order valence-corrected chi connectivity index (χ4v) is 2.88. The quantitative estimate of drug-likeness (QED) is 0.564. The zero-order valence-corrected chi connectivity index (χ0v) is 13.3. The Kier molecular flexibility index (Phi) is 3.43. The van der Waals surface area contributed by atoms with Crippen molar-refractivity contribution in [3.05, 3.63) is 72.3 Å². The third-order valence-corrected chi connectivity index (χ3v) is 4.17. The normalized spacial score (nSPS) is 10.9. The molecule has 1 amide bonds. The molecule has 6 heteroatoms. The van der Waals surface area contributed by atoms with Crippen LogP contribution in [0.5, 0.6) is 0 Å². The predicted molar refractivity (Wildman–Crippen MR) is 97.1 cm³/mol. The maximum Gasteiger partial charge on any atom is 0.251 e. The number of rotatable bonds is 3. The number of nitrogen functional groups attached to an aromatic ring is 1. The van der Waals surface area contributed by atoms with E-state index in [1.54, 1.807) is 6.07 Å². The van der Waals surface area contributed by atoms with Crippen LogP contribution in [0.2, 0.25) is 0 Å². The first-order valence-corrected chi connectivity index (χ1v) is 7.73. The Hall–Kier alpha value is -3.67. The first-order valence-electron chi connectivity index (χ1n) is 7.73. The van der Waals surface area contributed by atoms with Gasteiger partial charge in [-0.25, -0.2) is 0 Å². The number of primary amides is 1. The zero-order chi connectivity index (χ0) is 17.4. The van der Waals surface area contributed by atoms with Crippen LogP contribution >= 0.6 is 0 Å². The fourth-order valence-electron chi connectivity index (χ4n) is 2.88. The molecule has 1 aromatic heterocycles. The minimum atomic E-state index is -0.562. The van der Waals surface area contributed by atoms with Gasteiger partial charge < -0.3 is 11.6 Å². The Labute approximate surface area is 143 Å². The molecule has 4 aromatic rings. The van der Waals surface area contributed by atoms with Crippen molar-refractivity contribution in [1.29, 1.82) is 0 Å². The highest BCUT2D eigenvalue weighted by molar-refractivity contribution is 6.05. The minimum Gasteiger partial charge on any atom is -0.366 e. The second-order valence-corrected chi connectivity index (χ2v) is 5.73. The number of nitrogens with two attached hydrogens (primary N) is 2. The number of carbonyl (C=O) groups excluding carboxylic acids is 1. The van der Waals surface area contributed by atoms with Gasteiger partial charge in [0.05, 0.1) is 5.56 Å². The number of fused-ring (bicyclic) bond motifs is 1. The van der Waals surface area contributed by atoms with Gasteiger partial charge in [0.2, 0.25) is 0 Å². The topological polar surface area (TPSA) is 99.8 Å². The van der Waals surface area contributed by atoms with Crippen molar-refractivity contribution >= 4 is 16.9 Å². The molecule has 4 rings (SSSR count). The molecule has 0 aliphatic rings. The van der Waals surface area contributed by atoms with E-state index < -0.39 is 5.91 Å². The Morgan fingerprint density at radius 3 is 2.08 bits per heavy atom. The van der Waals surface area contributed by atoms with Crippen LogP contribution in [-0.4, -0.2) is 21.0 Å². The summed E-state index contributed by atoms with van der Waals surface area (Å²) >= 11 is 0. The molecule has 0 aliphatic heterocycles. The molecular formula is C19H15N5O. The predicted octanol–water partition coefficient (Wildman–Crippen LogP) is 2.58. The molecule has 25 heavy (non-hydrogen) atoms. The lowest BCUT2D eigenvalue weighted by Crippen LogP contribution is -2.13. The molecule has 0 bridgehead atoms. The number of amides is 1. The molecule has 0 spiro atoms. The van der Waals surface area contributed by atoms with E-state index in [1.807, 2.05) is 48.5 Å². The van der Waals surface area contributed by atoms with Crippen molar-refractivity contribution in [1.82, 2.24) is 15.1 Å². The molecule has 122 valence electrons. The summed E-state index contributed by atoms with van der Waals surface area (Å²) in [6, 6.07) is 21.8. The van der Waals surface area contributed by atoms with Gasteiger partial charge in [-0.2, -0.15) is 4.79 Å². The van der Waals surface area contributed by atoms with Crippen LogP contribution in [0.1, 0.15) is 10.4 Å². The monoisotopic (exact) mass is 329 g/mol. The van der Waals surface area contributed by atoms with E-state index in [9.17, 15) is 4.79 Å². The molecule has 0 fully saturated rings. The largest absolute Gasteiger partial charge is 0.366 e. The van der Waals surface area contributed by atoms with Crippen LogP contribution in [0.3, 0.4) is 0 Å². The van der Waals surface area contributed by atoms with Crippen molar-refractivity contribution in [3.8, 4) is 22.3 Å². The average molecular weight is 329 g/mol. The van der Waals surface area contributed by atoms with Gasteiger partial charge in [0.25, 0.3) is 5.91 Å². The Bertz CT molecular complexity index is 1070. The van der Waals surface area contributed by atoms with Crippen LogP contribution in [0.4, 0.5) is 0 Å². The highest BCUT2D eigenvalue weighted by Crippen LogP contribution is 2.28. The molecule has 1 heterocycles. The highest BCUT2D eigenvalue weighted by Gasteiger charge is 2.15. The van der Waals surface area contributed by atoms with E-state index in [0.29, 0.717) is 16.6 Å². The number of hydrogen-bond donors (Lipinski definition) is 2. The van der Waals surface area contributed by atoms with Gasteiger partial charge in [0, 0.05) is 0 Å². The number of hydrogen-bond acceptors (Lipinski definition) is 4. The van der Waals surface area contributed by atoms with E-state index in [4.69, 9.17) is 11.6 Å². The van der Waals surface area contributed by atoms with E-state index in [-0.39, 0.29) is 0 Å². The number of aromatic nitrogens is 3. The SMILES string of the molecule is NC(=O)c1cc(-c2ccc(-c3ccccc3)cc2)cc2c1nnn2N. The lowest BCUT2D eigenvalue weighted by Gasteiger charge is -2.07. The Morgan fingerprint density at radius 1 is 0.840 bits per heavy atom. The number of carbonyl (C=O) groups is 1. The third-order valence-electron chi connectivity index (χ3n) is 4.17. The fraction of sp³-hybridized carbons (Fsp3) is 0. The smallest absolute Gasteiger partial charge is 0.251 e. The van der Waals surface area contributed by atoms with E-state index in [1.165, 1.54) is 0 Å². The zero-order valence-electron chi connectivity index (χ0n) is 13.3. The Morgan fingerprint density at radius 2 is 1.44 bits per heavy atom. The second kappa shape index (κ2) is 5.76. The van der Waals surface area contributed by atoms with Gasteiger partial charge in [-0.05, 0) is 39.6 Å². The van der Waals surface area contributed by atoms with Crippen molar-refractivity contribution in [2.45, 2.75) is 0 Å². The molecule has 0 aliphatic carbocycles. The van der Waals surface area contributed by atoms with E-state index >= 15 is 0 Å². The maximum absolute atomic E-state index is 11.8. The lowest BCUT2D eigenvalue weighted by atomic mass is 9.98. The van der Waals surface area contributed by atoms with Gasteiger partial charge in [0.1, 0.15) is 11.0 Å². The molecule has 6 nitrogen and oxygen atoms in total. The van der Waals surface area contributed by atoms with Crippen molar-refractivity contribution in [2.75, 3.05) is 5.84 Å². The summed E-state index contributed by atoms with van der Waals surface area (Å²) in [4.78, 5) is 12.9. The summed E-state index contributed by atoms with van der Waals surface area (Å²) in [5.41, 5.74) is 10.8. The summed E-state index contributed by atoms with van der Waals surface area (Å²) in [6.07, 6.45) is 0. The van der Waals surface area contributed by atoms with Crippen molar-refractivity contribution < 1.29 is 4.79 Å². The maximum atomic E-state index is 11.8. The van der Waals surface area contributed by atoms with Gasteiger partial charge >= 0.3 is 0 Å². The summed E-state index contributed by atoms with van der Waals surface area (Å²) in [6.45, 7) is 0. The molecule has 0 saturated heterocycles. The van der Waals surface area contributed by atoms with Gasteiger partial charge in [-0.3, -0.25) is 4.79 Å². The average Bonchev–Trinajstić information content (AvgIpc) is 3.03. The summed E-state index contributed by atoms with van der Waals surface area (Å²) in [5.74, 6) is 5.22. The van der Waals surface area contributed by atoms with Crippen LogP contribution in [-0.2, 0) is 0 Å². The molecule has 0 atom stereocenters.